The maximum atomic E-state index is 13.3. The largest absolute Gasteiger partial charge is 0.445 e. The fraction of sp³-hybridized carbons (Fsp3) is 0.100. The van der Waals surface area contributed by atoms with Gasteiger partial charge in [-0.25, -0.2) is 9.59 Å². The highest BCUT2D eigenvalue weighted by atomic mass is 79.9. The number of esters is 1. The molecule has 39 heavy (non-hydrogen) atoms. The van der Waals surface area contributed by atoms with E-state index in [0.29, 0.717) is 10.7 Å². The minimum absolute atomic E-state index is 0.00322. The Morgan fingerprint density at radius 3 is 2.13 bits per heavy atom. The van der Waals surface area contributed by atoms with Crippen molar-refractivity contribution in [2.45, 2.75) is 19.1 Å². The van der Waals surface area contributed by atoms with Gasteiger partial charge in [0.2, 0.25) is 0 Å². The number of amides is 2. The second kappa shape index (κ2) is 13.6. The van der Waals surface area contributed by atoms with E-state index in [1.165, 1.54) is 18.2 Å². The first-order valence-corrected chi connectivity index (χ1v) is 13.1. The molecular weight excluding hydrogens is 584 g/mol. The number of carbonyl (C=O) groups excluding carboxylic acids is 3. The Labute approximate surface area is 239 Å². The molecule has 0 saturated carbocycles. The van der Waals surface area contributed by atoms with Crippen molar-refractivity contribution < 1.29 is 23.9 Å². The fourth-order valence-corrected chi connectivity index (χ4v) is 4.07. The van der Waals surface area contributed by atoms with Crippen molar-refractivity contribution in [2.24, 2.45) is 0 Å². The average Bonchev–Trinajstić information content (AvgIpc) is 2.95. The summed E-state index contributed by atoms with van der Waals surface area (Å²) >= 11 is 9.50. The Balaban J connectivity index is 1.50. The molecule has 4 rings (SSSR count). The first-order chi connectivity index (χ1) is 18.9. The highest BCUT2D eigenvalue weighted by Gasteiger charge is 2.26. The second-order valence-corrected chi connectivity index (χ2v) is 9.82. The number of nitrogens with one attached hydrogen (secondary N) is 2. The van der Waals surface area contributed by atoms with E-state index in [4.69, 9.17) is 21.1 Å². The first kappa shape index (κ1) is 27.9. The molecular formula is C30H24BrClN2O5. The van der Waals surface area contributed by atoms with Gasteiger partial charge in [0.25, 0.3) is 5.91 Å². The molecule has 0 aliphatic rings. The minimum Gasteiger partial charge on any atom is -0.445 e. The molecule has 0 bridgehead atoms. The van der Waals surface area contributed by atoms with Gasteiger partial charge in [-0.3, -0.25) is 4.79 Å². The standard InChI is InChI=1S/C30H24BrClN2O5/c31-22-11-14-24(15-12-22)33-28(35)25-18-23(32)13-16-27(25)39-29(36)26(17-20-7-3-1-4-8-20)34-30(37)38-19-21-9-5-2-6-10-21/h1-16,18,26H,17,19H2,(H,33,35)(H,34,37)/t26-/m0/s1. The number of rotatable bonds is 9. The second-order valence-electron chi connectivity index (χ2n) is 8.47. The van der Waals surface area contributed by atoms with Crippen molar-refractivity contribution >= 4 is 51.2 Å². The summed E-state index contributed by atoms with van der Waals surface area (Å²) < 4.78 is 11.8. The van der Waals surface area contributed by atoms with E-state index in [-0.39, 0.29) is 24.3 Å². The lowest BCUT2D eigenvalue weighted by Crippen LogP contribution is -2.44. The van der Waals surface area contributed by atoms with Gasteiger partial charge < -0.3 is 20.1 Å². The quantitative estimate of drug-likeness (QED) is 0.161. The van der Waals surface area contributed by atoms with Crippen molar-refractivity contribution in [1.29, 1.82) is 0 Å². The van der Waals surface area contributed by atoms with Gasteiger partial charge in [0.05, 0.1) is 5.56 Å². The third kappa shape index (κ3) is 8.43. The van der Waals surface area contributed by atoms with E-state index in [1.807, 2.05) is 60.7 Å². The van der Waals surface area contributed by atoms with E-state index in [9.17, 15) is 14.4 Å². The maximum Gasteiger partial charge on any atom is 0.408 e. The molecule has 2 N–H and O–H groups in total. The van der Waals surface area contributed by atoms with Crippen molar-refractivity contribution in [2.75, 3.05) is 5.32 Å². The predicted molar refractivity (Wildman–Crippen MR) is 153 cm³/mol. The van der Waals surface area contributed by atoms with Crippen LogP contribution in [-0.2, 0) is 22.6 Å². The number of ether oxygens (including phenoxy) is 2. The Morgan fingerprint density at radius 2 is 1.46 bits per heavy atom. The predicted octanol–water partition coefficient (Wildman–Crippen LogP) is 6.80. The molecule has 0 spiro atoms. The number of halogens is 2. The van der Waals surface area contributed by atoms with Crippen LogP contribution in [0.1, 0.15) is 21.5 Å². The summed E-state index contributed by atoms with van der Waals surface area (Å²) in [7, 11) is 0. The number of alkyl carbamates (subject to hydrolysis) is 1. The molecule has 4 aromatic carbocycles. The number of carbonyl (C=O) groups is 3. The molecule has 198 valence electrons. The zero-order valence-corrected chi connectivity index (χ0v) is 22.9. The topological polar surface area (TPSA) is 93.7 Å². The number of benzene rings is 4. The Bertz CT molecular complexity index is 1430. The fourth-order valence-electron chi connectivity index (χ4n) is 3.63. The number of hydrogen-bond acceptors (Lipinski definition) is 5. The van der Waals surface area contributed by atoms with E-state index < -0.39 is 24.0 Å². The molecule has 0 radical (unpaired) electrons. The number of anilines is 1. The van der Waals surface area contributed by atoms with E-state index in [1.54, 1.807) is 24.3 Å². The molecule has 7 nitrogen and oxygen atoms in total. The zero-order chi connectivity index (χ0) is 27.6. The van der Waals surface area contributed by atoms with Crippen LogP contribution in [0.15, 0.2) is 108 Å². The lowest BCUT2D eigenvalue weighted by molar-refractivity contribution is -0.136. The van der Waals surface area contributed by atoms with Crippen LogP contribution in [0.3, 0.4) is 0 Å². The first-order valence-electron chi connectivity index (χ1n) is 12.0. The average molecular weight is 608 g/mol. The van der Waals surface area contributed by atoms with Gasteiger partial charge >= 0.3 is 12.1 Å². The van der Waals surface area contributed by atoms with Gasteiger partial charge in [0.15, 0.2) is 0 Å². The van der Waals surface area contributed by atoms with Crippen molar-refractivity contribution in [3.8, 4) is 5.75 Å². The van der Waals surface area contributed by atoms with Crippen LogP contribution in [0, 0.1) is 0 Å². The van der Waals surface area contributed by atoms with Gasteiger partial charge in [0.1, 0.15) is 18.4 Å². The van der Waals surface area contributed by atoms with Crippen LogP contribution >= 0.6 is 27.5 Å². The van der Waals surface area contributed by atoms with Crippen molar-refractivity contribution in [3.63, 3.8) is 0 Å². The Morgan fingerprint density at radius 1 is 0.821 bits per heavy atom. The van der Waals surface area contributed by atoms with Crippen molar-refractivity contribution in [3.05, 3.63) is 129 Å². The third-order valence-electron chi connectivity index (χ3n) is 5.57. The Kier molecular flexibility index (Phi) is 9.72. The molecule has 9 heteroatoms. The monoisotopic (exact) mass is 606 g/mol. The highest BCUT2D eigenvalue weighted by molar-refractivity contribution is 9.10. The van der Waals surface area contributed by atoms with Crippen molar-refractivity contribution in [1.82, 2.24) is 5.32 Å². The van der Waals surface area contributed by atoms with E-state index in [2.05, 4.69) is 26.6 Å². The SMILES string of the molecule is O=C(N[C@@H](Cc1ccccc1)C(=O)Oc1ccc(Cl)cc1C(=O)Nc1ccc(Br)cc1)OCc1ccccc1. The summed E-state index contributed by atoms with van der Waals surface area (Å²) in [5, 5.41) is 5.65. The lowest BCUT2D eigenvalue weighted by atomic mass is 10.1. The number of hydrogen-bond donors (Lipinski definition) is 2. The zero-order valence-electron chi connectivity index (χ0n) is 20.6. The Hall–Kier alpha value is -4.14. The van der Waals surface area contributed by atoms with E-state index >= 15 is 0 Å². The van der Waals surface area contributed by atoms with Gasteiger partial charge in [-0.05, 0) is 53.6 Å². The van der Waals surface area contributed by atoms with Gasteiger partial charge in [0, 0.05) is 21.6 Å². The van der Waals surface area contributed by atoms with Crippen LogP contribution in [-0.4, -0.2) is 24.0 Å². The van der Waals surface area contributed by atoms with E-state index in [0.717, 1.165) is 15.6 Å². The molecule has 0 aliphatic heterocycles. The summed E-state index contributed by atoms with van der Waals surface area (Å²) in [5.41, 5.74) is 2.21. The minimum atomic E-state index is -1.09. The molecule has 0 heterocycles. The molecule has 0 aromatic heterocycles. The normalized spacial score (nSPS) is 11.2. The summed E-state index contributed by atoms with van der Waals surface area (Å²) in [6, 6.07) is 28.6. The van der Waals surface area contributed by atoms with Gasteiger partial charge in [-0.15, -0.1) is 0 Å². The van der Waals surface area contributed by atoms with Crippen LogP contribution in [0.4, 0.5) is 10.5 Å². The molecule has 0 fully saturated rings. The van der Waals surface area contributed by atoms with Crippen LogP contribution in [0.2, 0.25) is 5.02 Å². The summed E-state index contributed by atoms with van der Waals surface area (Å²) in [6.45, 7) is 0.0390. The smallest absolute Gasteiger partial charge is 0.408 e. The molecule has 4 aromatic rings. The maximum absolute atomic E-state index is 13.3. The van der Waals surface area contributed by atoms with Gasteiger partial charge in [-0.2, -0.15) is 0 Å². The van der Waals surface area contributed by atoms with Gasteiger partial charge in [-0.1, -0.05) is 88.2 Å². The summed E-state index contributed by atoms with van der Waals surface area (Å²) in [5.74, 6) is -1.29. The van der Waals surface area contributed by atoms with Crippen LogP contribution in [0.5, 0.6) is 5.75 Å². The molecule has 0 saturated heterocycles. The third-order valence-corrected chi connectivity index (χ3v) is 6.33. The molecule has 2 amide bonds. The summed E-state index contributed by atoms with van der Waals surface area (Å²) in [6.07, 6.45) is -0.630. The summed E-state index contributed by atoms with van der Waals surface area (Å²) in [4.78, 5) is 39.0. The van der Waals surface area contributed by atoms with Crippen LogP contribution < -0.4 is 15.4 Å². The highest BCUT2D eigenvalue weighted by Crippen LogP contribution is 2.25. The molecule has 0 aliphatic carbocycles. The molecule has 1 atom stereocenters. The van der Waals surface area contributed by atoms with Crippen LogP contribution in [0.25, 0.3) is 0 Å². The lowest BCUT2D eigenvalue weighted by Gasteiger charge is -2.19. The molecule has 0 unspecified atom stereocenters.